The summed E-state index contributed by atoms with van der Waals surface area (Å²) >= 11 is 0. The van der Waals surface area contributed by atoms with E-state index in [-0.39, 0.29) is 17.8 Å². The third-order valence-electron chi connectivity index (χ3n) is 3.34. The predicted octanol–water partition coefficient (Wildman–Crippen LogP) is 1.93. The van der Waals surface area contributed by atoms with Gasteiger partial charge in [0.15, 0.2) is 0 Å². The van der Waals surface area contributed by atoms with Crippen molar-refractivity contribution in [1.29, 1.82) is 10.8 Å². The Kier molecular flexibility index (Phi) is 4.36. The van der Waals surface area contributed by atoms with Crippen LogP contribution in [0.25, 0.3) is 0 Å². The highest BCUT2D eigenvalue weighted by molar-refractivity contribution is 6.21. The molecular weight excluding hydrogens is 282 g/mol. The summed E-state index contributed by atoms with van der Waals surface area (Å²) in [4.78, 5) is 26.4. The molecule has 2 rings (SSSR count). The van der Waals surface area contributed by atoms with Crippen LogP contribution in [0.3, 0.4) is 0 Å². The number of nitrogens with zero attached hydrogens (tertiary/aromatic N) is 2. The first-order valence-corrected chi connectivity index (χ1v) is 6.65. The Bertz CT molecular complexity index is 655. The third kappa shape index (κ3) is 2.88. The average Bonchev–Trinajstić information content (AvgIpc) is 2.51. The number of rotatable bonds is 4. The highest BCUT2D eigenvalue weighted by Gasteiger charge is 2.34. The van der Waals surface area contributed by atoms with Gasteiger partial charge in [-0.3, -0.25) is 10.2 Å². The number of anilines is 2. The van der Waals surface area contributed by atoms with Crippen LogP contribution in [0, 0.1) is 16.7 Å². The van der Waals surface area contributed by atoms with Gasteiger partial charge in [-0.2, -0.15) is 0 Å². The zero-order chi connectivity index (χ0) is 16.3. The van der Waals surface area contributed by atoms with Crippen molar-refractivity contribution in [3.63, 3.8) is 0 Å². The van der Waals surface area contributed by atoms with Gasteiger partial charge in [-0.15, -0.1) is 0 Å². The van der Waals surface area contributed by atoms with Crippen LogP contribution >= 0.6 is 0 Å². The Morgan fingerprint density at radius 3 is 2.86 bits per heavy atom. The van der Waals surface area contributed by atoms with E-state index in [0.29, 0.717) is 17.9 Å². The molecule has 1 atom stereocenters. The van der Waals surface area contributed by atoms with Gasteiger partial charge in [0.05, 0.1) is 11.6 Å². The first-order chi connectivity index (χ1) is 10.5. The standard InChI is InChI=1S/C15H17N5O2/c1-3-13(21)18-11-5-4-6-12(7-11)20-14(17)10(8-16)9-19(2)15(20)22/h3-8,10,16-17H,1,9H2,2H3,(H,18,21). The minimum absolute atomic E-state index is 0.0466. The van der Waals surface area contributed by atoms with Crippen molar-refractivity contribution in [3.8, 4) is 0 Å². The van der Waals surface area contributed by atoms with E-state index in [2.05, 4.69) is 11.9 Å². The third-order valence-corrected chi connectivity index (χ3v) is 3.34. The summed E-state index contributed by atoms with van der Waals surface area (Å²) in [5.41, 5.74) is 0.970. The molecule has 1 aromatic rings. The fourth-order valence-corrected chi connectivity index (χ4v) is 2.20. The van der Waals surface area contributed by atoms with Gasteiger partial charge in [-0.1, -0.05) is 12.6 Å². The molecule has 1 aromatic carbocycles. The molecular formula is C15H17N5O2. The highest BCUT2D eigenvalue weighted by Crippen LogP contribution is 2.25. The minimum atomic E-state index is -0.450. The van der Waals surface area contributed by atoms with Gasteiger partial charge in [0.1, 0.15) is 5.84 Å². The molecule has 0 saturated carbocycles. The molecule has 0 aliphatic carbocycles. The molecule has 22 heavy (non-hydrogen) atoms. The largest absolute Gasteiger partial charge is 0.329 e. The molecule has 0 radical (unpaired) electrons. The van der Waals surface area contributed by atoms with Gasteiger partial charge >= 0.3 is 6.03 Å². The molecule has 1 fully saturated rings. The second-order valence-electron chi connectivity index (χ2n) is 4.90. The number of urea groups is 1. The first kappa shape index (κ1) is 15.4. The number of carbonyl (C=O) groups is 2. The lowest BCUT2D eigenvalue weighted by Gasteiger charge is -2.37. The average molecular weight is 299 g/mol. The van der Waals surface area contributed by atoms with Crippen LogP contribution in [0.2, 0.25) is 0 Å². The van der Waals surface area contributed by atoms with Gasteiger partial charge in [0.2, 0.25) is 5.91 Å². The number of nitrogens with one attached hydrogen (secondary N) is 3. The summed E-state index contributed by atoms with van der Waals surface area (Å²) in [5.74, 6) is -0.758. The molecule has 0 bridgehead atoms. The zero-order valence-corrected chi connectivity index (χ0v) is 12.2. The van der Waals surface area contributed by atoms with E-state index in [1.54, 1.807) is 31.3 Å². The summed E-state index contributed by atoms with van der Waals surface area (Å²) in [7, 11) is 1.63. The molecule has 0 aromatic heterocycles. The Morgan fingerprint density at radius 1 is 1.50 bits per heavy atom. The number of benzene rings is 1. The van der Waals surface area contributed by atoms with Gasteiger partial charge in [0.25, 0.3) is 0 Å². The van der Waals surface area contributed by atoms with Crippen molar-refractivity contribution in [1.82, 2.24) is 4.90 Å². The number of carbonyl (C=O) groups excluding carboxylic acids is 2. The number of hydrogen-bond acceptors (Lipinski definition) is 4. The van der Waals surface area contributed by atoms with Crippen molar-refractivity contribution >= 4 is 35.4 Å². The van der Waals surface area contributed by atoms with Gasteiger partial charge in [-0.25, -0.2) is 9.69 Å². The molecule has 3 amide bonds. The molecule has 1 saturated heterocycles. The molecule has 7 heteroatoms. The lowest BCUT2D eigenvalue weighted by molar-refractivity contribution is -0.111. The van der Waals surface area contributed by atoms with Crippen LogP contribution in [-0.2, 0) is 4.79 Å². The van der Waals surface area contributed by atoms with E-state index in [1.807, 2.05) is 0 Å². The second-order valence-corrected chi connectivity index (χ2v) is 4.90. The van der Waals surface area contributed by atoms with Crippen molar-refractivity contribution in [2.24, 2.45) is 5.92 Å². The SMILES string of the molecule is C=CC(=O)Nc1cccc(N2C(=N)C(C=N)CN(C)C2=O)c1. The first-order valence-electron chi connectivity index (χ1n) is 6.65. The van der Waals surface area contributed by atoms with E-state index in [9.17, 15) is 9.59 Å². The monoisotopic (exact) mass is 299 g/mol. The van der Waals surface area contributed by atoms with Gasteiger partial charge in [-0.05, 0) is 24.3 Å². The molecule has 1 unspecified atom stereocenters. The van der Waals surface area contributed by atoms with Crippen LogP contribution in [-0.4, -0.2) is 42.5 Å². The van der Waals surface area contributed by atoms with Crippen molar-refractivity contribution in [2.45, 2.75) is 0 Å². The quantitative estimate of drug-likeness (QED) is 0.584. The predicted molar refractivity (Wildman–Crippen MR) is 85.8 cm³/mol. The normalized spacial score (nSPS) is 18.1. The highest BCUT2D eigenvalue weighted by atomic mass is 16.2. The number of amidine groups is 1. The Labute approximate surface area is 128 Å². The van der Waals surface area contributed by atoms with Crippen molar-refractivity contribution in [3.05, 3.63) is 36.9 Å². The van der Waals surface area contributed by atoms with Crippen molar-refractivity contribution < 1.29 is 9.59 Å². The fourth-order valence-electron chi connectivity index (χ4n) is 2.20. The molecule has 0 spiro atoms. The maximum Gasteiger partial charge on any atom is 0.329 e. The van der Waals surface area contributed by atoms with Crippen LogP contribution < -0.4 is 10.2 Å². The lowest BCUT2D eigenvalue weighted by Crippen LogP contribution is -2.55. The van der Waals surface area contributed by atoms with E-state index >= 15 is 0 Å². The summed E-state index contributed by atoms with van der Waals surface area (Å²) in [6.45, 7) is 3.69. The van der Waals surface area contributed by atoms with Crippen LogP contribution in [0.5, 0.6) is 0 Å². The zero-order valence-electron chi connectivity index (χ0n) is 12.2. The molecule has 1 aliphatic rings. The number of amides is 3. The van der Waals surface area contributed by atoms with Crippen LogP contribution in [0.15, 0.2) is 36.9 Å². The molecule has 114 valence electrons. The summed E-state index contributed by atoms with van der Waals surface area (Å²) in [6, 6.07) is 6.31. The minimum Gasteiger partial charge on any atom is -0.326 e. The van der Waals surface area contributed by atoms with Crippen molar-refractivity contribution in [2.75, 3.05) is 23.8 Å². The van der Waals surface area contributed by atoms with Crippen LogP contribution in [0.4, 0.5) is 16.2 Å². The van der Waals surface area contributed by atoms with Gasteiger partial charge < -0.3 is 15.6 Å². The Morgan fingerprint density at radius 2 is 2.23 bits per heavy atom. The smallest absolute Gasteiger partial charge is 0.326 e. The Hall–Kier alpha value is -2.96. The Balaban J connectivity index is 2.36. The molecule has 1 heterocycles. The summed E-state index contributed by atoms with van der Waals surface area (Å²) in [5, 5.41) is 18.1. The molecule has 7 nitrogen and oxygen atoms in total. The summed E-state index contributed by atoms with van der Waals surface area (Å²) in [6.07, 6.45) is 2.31. The maximum absolute atomic E-state index is 12.3. The van der Waals surface area contributed by atoms with E-state index < -0.39 is 5.92 Å². The molecule has 1 aliphatic heterocycles. The maximum atomic E-state index is 12.3. The van der Waals surface area contributed by atoms with E-state index in [0.717, 1.165) is 12.3 Å². The van der Waals surface area contributed by atoms with Gasteiger partial charge in [0, 0.05) is 25.5 Å². The topological polar surface area (TPSA) is 100 Å². The van der Waals surface area contributed by atoms with Crippen LogP contribution in [0.1, 0.15) is 0 Å². The molecule has 3 N–H and O–H groups in total. The second kappa shape index (κ2) is 6.21. The van der Waals surface area contributed by atoms with E-state index in [1.165, 1.54) is 9.80 Å². The number of hydrogen-bond donors (Lipinski definition) is 3. The summed E-state index contributed by atoms with van der Waals surface area (Å²) < 4.78 is 0. The fraction of sp³-hybridized carbons (Fsp3) is 0.200. The lowest BCUT2D eigenvalue weighted by atomic mass is 10.1. The van der Waals surface area contributed by atoms with E-state index in [4.69, 9.17) is 10.8 Å².